The minimum Gasteiger partial charge on any atom is -0.372 e. The smallest absolute Gasteiger partial charge is 0.234 e. The minimum atomic E-state index is -0.0522. The first-order valence-corrected chi connectivity index (χ1v) is 12.4. The van der Waals surface area contributed by atoms with Gasteiger partial charge >= 0.3 is 0 Å². The van der Waals surface area contributed by atoms with E-state index in [2.05, 4.69) is 51.4 Å². The standard InChI is InChI=1S/C23H33N5O2S/c1-16-13-28(14-17(2)30-16)20-10-8-19(9-11-20)24-22(29)15-31-23-25-21(26-27-23)12-7-18-5-3-4-6-18/h8-11,16-18H,3-7,12-15H2,1-2H3,(H,24,29)(H,25,26,27). The highest BCUT2D eigenvalue weighted by Gasteiger charge is 2.22. The Morgan fingerprint density at radius 2 is 1.90 bits per heavy atom. The van der Waals surface area contributed by atoms with Crippen LogP contribution in [0.5, 0.6) is 0 Å². The Morgan fingerprint density at radius 1 is 1.19 bits per heavy atom. The van der Waals surface area contributed by atoms with Gasteiger partial charge in [0.05, 0.1) is 18.0 Å². The summed E-state index contributed by atoms with van der Waals surface area (Å²) in [4.78, 5) is 19.2. The van der Waals surface area contributed by atoms with Crippen molar-refractivity contribution in [2.24, 2.45) is 5.92 Å². The predicted molar refractivity (Wildman–Crippen MR) is 125 cm³/mol. The number of thioether (sulfide) groups is 1. The second kappa shape index (κ2) is 10.5. The van der Waals surface area contributed by atoms with Crippen LogP contribution in [0.2, 0.25) is 0 Å². The van der Waals surface area contributed by atoms with Crippen LogP contribution in [-0.2, 0) is 16.0 Å². The average molecular weight is 444 g/mol. The molecule has 1 saturated heterocycles. The molecule has 4 rings (SSSR count). The van der Waals surface area contributed by atoms with Gasteiger partial charge in [-0.05, 0) is 50.5 Å². The number of aromatic nitrogens is 3. The number of aryl methyl sites for hydroxylation is 1. The van der Waals surface area contributed by atoms with Crippen molar-refractivity contribution >= 4 is 29.0 Å². The van der Waals surface area contributed by atoms with Crippen LogP contribution in [0.25, 0.3) is 0 Å². The zero-order valence-electron chi connectivity index (χ0n) is 18.5. The second-order valence-corrected chi connectivity index (χ2v) is 9.74. The molecular weight excluding hydrogens is 410 g/mol. The SMILES string of the molecule is CC1CN(c2ccc(NC(=O)CSc3n[nH]c(CCC4CCCC4)n3)cc2)CC(C)O1. The Bertz CT molecular complexity index is 840. The van der Waals surface area contributed by atoms with Gasteiger partial charge in [0.25, 0.3) is 0 Å². The fourth-order valence-corrected chi connectivity index (χ4v) is 5.18. The molecule has 1 aliphatic heterocycles. The molecule has 7 nitrogen and oxygen atoms in total. The number of hydrogen-bond acceptors (Lipinski definition) is 6. The maximum Gasteiger partial charge on any atom is 0.234 e. The number of hydrogen-bond donors (Lipinski definition) is 2. The number of benzene rings is 1. The summed E-state index contributed by atoms with van der Waals surface area (Å²) in [5, 5.41) is 10.9. The van der Waals surface area contributed by atoms with Crippen molar-refractivity contribution in [1.82, 2.24) is 15.2 Å². The van der Waals surface area contributed by atoms with E-state index >= 15 is 0 Å². The first-order chi connectivity index (χ1) is 15.0. The van der Waals surface area contributed by atoms with E-state index in [0.29, 0.717) is 10.9 Å². The molecule has 2 atom stereocenters. The minimum absolute atomic E-state index is 0.0522. The first kappa shape index (κ1) is 22.1. The third kappa shape index (κ3) is 6.46. The molecule has 1 aliphatic carbocycles. The molecule has 1 saturated carbocycles. The predicted octanol–water partition coefficient (Wildman–Crippen LogP) is 4.27. The van der Waals surface area contributed by atoms with E-state index in [1.54, 1.807) is 0 Å². The van der Waals surface area contributed by atoms with Crippen molar-refractivity contribution in [2.45, 2.75) is 69.7 Å². The van der Waals surface area contributed by atoms with E-state index in [4.69, 9.17) is 4.74 Å². The summed E-state index contributed by atoms with van der Waals surface area (Å²) in [6, 6.07) is 8.02. The Kier molecular flexibility index (Phi) is 7.50. The summed E-state index contributed by atoms with van der Waals surface area (Å²) in [6.45, 7) is 5.96. The van der Waals surface area contributed by atoms with E-state index in [-0.39, 0.29) is 18.1 Å². The first-order valence-electron chi connectivity index (χ1n) is 11.4. The number of H-pyrrole nitrogens is 1. The highest BCUT2D eigenvalue weighted by Crippen LogP contribution is 2.28. The number of carbonyl (C=O) groups is 1. The number of amides is 1. The Balaban J connectivity index is 1.21. The van der Waals surface area contributed by atoms with Crippen LogP contribution < -0.4 is 10.2 Å². The van der Waals surface area contributed by atoms with Crippen molar-refractivity contribution in [3.8, 4) is 0 Å². The molecule has 1 amide bonds. The zero-order chi connectivity index (χ0) is 21.6. The lowest BCUT2D eigenvalue weighted by Crippen LogP contribution is -2.45. The lowest BCUT2D eigenvalue weighted by Gasteiger charge is -2.36. The molecule has 8 heteroatoms. The van der Waals surface area contributed by atoms with Gasteiger partial charge in [0.2, 0.25) is 11.1 Å². The van der Waals surface area contributed by atoms with Crippen LogP contribution in [0, 0.1) is 5.92 Å². The Morgan fingerprint density at radius 3 is 2.61 bits per heavy atom. The van der Waals surface area contributed by atoms with Gasteiger partial charge in [0.15, 0.2) is 0 Å². The third-order valence-corrected chi connectivity index (χ3v) is 6.89. The fourth-order valence-electron chi connectivity index (χ4n) is 4.57. The zero-order valence-corrected chi connectivity index (χ0v) is 19.3. The number of nitrogens with zero attached hydrogens (tertiary/aromatic N) is 3. The third-order valence-electron chi connectivity index (χ3n) is 6.04. The van der Waals surface area contributed by atoms with Gasteiger partial charge in [-0.25, -0.2) is 4.98 Å². The van der Waals surface area contributed by atoms with Gasteiger partial charge in [0, 0.05) is 30.9 Å². The van der Waals surface area contributed by atoms with Gasteiger partial charge < -0.3 is 15.0 Å². The number of carbonyl (C=O) groups excluding carboxylic acids is 1. The van der Waals surface area contributed by atoms with Crippen LogP contribution in [-0.4, -0.2) is 52.1 Å². The Hall–Kier alpha value is -2.06. The topological polar surface area (TPSA) is 83.1 Å². The van der Waals surface area contributed by atoms with Crippen LogP contribution in [0.3, 0.4) is 0 Å². The van der Waals surface area contributed by atoms with Crippen LogP contribution in [0.4, 0.5) is 11.4 Å². The molecule has 2 N–H and O–H groups in total. The van der Waals surface area contributed by atoms with E-state index in [0.717, 1.165) is 42.6 Å². The number of anilines is 2. The van der Waals surface area contributed by atoms with Crippen LogP contribution in [0.1, 0.15) is 51.8 Å². The molecule has 0 radical (unpaired) electrons. The van der Waals surface area contributed by atoms with Crippen molar-refractivity contribution < 1.29 is 9.53 Å². The highest BCUT2D eigenvalue weighted by molar-refractivity contribution is 7.99. The van der Waals surface area contributed by atoms with Crippen molar-refractivity contribution in [2.75, 3.05) is 29.1 Å². The molecule has 2 aliphatic rings. The maximum absolute atomic E-state index is 12.3. The summed E-state index contributed by atoms with van der Waals surface area (Å²) >= 11 is 1.37. The molecular formula is C23H33N5O2S. The molecule has 2 aromatic rings. The summed E-state index contributed by atoms with van der Waals surface area (Å²) in [5.41, 5.74) is 1.95. The number of aromatic amines is 1. The van der Waals surface area contributed by atoms with E-state index < -0.39 is 0 Å². The van der Waals surface area contributed by atoms with Gasteiger partial charge in [-0.3, -0.25) is 9.89 Å². The summed E-state index contributed by atoms with van der Waals surface area (Å²) in [6.07, 6.45) is 7.99. The van der Waals surface area contributed by atoms with Gasteiger partial charge in [-0.1, -0.05) is 37.4 Å². The van der Waals surface area contributed by atoms with Gasteiger partial charge in [0.1, 0.15) is 5.82 Å². The van der Waals surface area contributed by atoms with E-state index in [1.807, 2.05) is 12.1 Å². The van der Waals surface area contributed by atoms with E-state index in [9.17, 15) is 4.79 Å². The van der Waals surface area contributed by atoms with Crippen LogP contribution in [0.15, 0.2) is 29.4 Å². The molecule has 2 unspecified atom stereocenters. The summed E-state index contributed by atoms with van der Waals surface area (Å²) in [5.74, 6) is 2.01. The summed E-state index contributed by atoms with van der Waals surface area (Å²) < 4.78 is 5.80. The normalized spacial score (nSPS) is 22.1. The van der Waals surface area contributed by atoms with Gasteiger partial charge in [-0.2, -0.15) is 0 Å². The molecule has 168 valence electrons. The quantitative estimate of drug-likeness (QED) is 0.593. The second-order valence-electron chi connectivity index (χ2n) is 8.80. The number of rotatable bonds is 8. The number of morpholine rings is 1. The number of ether oxygens (including phenoxy) is 1. The Labute approximate surface area is 188 Å². The molecule has 1 aromatic carbocycles. The monoisotopic (exact) mass is 443 g/mol. The lowest BCUT2D eigenvalue weighted by atomic mass is 10.0. The largest absolute Gasteiger partial charge is 0.372 e. The maximum atomic E-state index is 12.3. The fraction of sp³-hybridized carbons (Fsp3) is 0.609. The molecule has 0 spiro atoms. The molecule has 2 fully saturated rings. The van der Waals surface area contributed by atoms with Crippen molar-refractivity contribution in [3.63, 3.8) is 0 Å². The van der Waals surface area contributed by atoms with Crippen molar-refractivity contribution in [1.29, 1.82) is 0 Å². The lowest BCUT2D eigenvalue weighted by molar-refractivity contribution is -0.113. The molecule has 31 heavy (non-hydrogen) atoms. The molecule has 1 aromatic heterocycles. The summed E-state index contributed by atoms with van der Waals surface area (Å²) in [7, 11) is 0. The van der Waals surface area contributed by atoms with Crippen LogP contribution >= 0.6 is 11.8 Å². The molecule has 2 heterocycles. The van der Waals surface area contributed by atoms with Gasteiger partial charge in [-0.15, -0.1) is 5.10 Å². The number of nitrogens with one attached hydrogen (secondary N) is 2. The molecule has 0 bridgehead atoms. The highest BCUT2D eigenvalue weighted by atomic mass is 32.2. The van der Waals surface area contributed by atoms with E-state index in [1.165, 1.54) is 43.9 Å². The van der Waals surface area contributed by atoms with Crippen molar-refractivity contribution in [3.05, 3.63) is 30.1 Å². The average Bonchev–Trinajstić information content (AvgIpc) is 3.42.